The van der Waals surface area contributed by atoms with Gasteiger partial charge in [0.1, 0.15) is 6.29 Å². The largest absolute Gasteiger partial charge is 0.465 e. The van der Waals surface area contributed by atoms with Gasteiger partial charge in [-0.2, -0.15) is 0 Å². The van der Waals surface area contributed by atoms with Crippen LogP contribution >= 0.6 is 11.6 Å². The predicted molar refractivity (Wildman–Crippen MR) is 126 cm³/mol. The summed E-state index contributed by atoms with van der Waals surface area (Å²) in [5.41, 5.74) is 6.41. The lowest BCUT2D eigenvalue weighted by atomic mass is 9.93. The molecule has 0 saturated heterocycles. The second-order valence-corrected chi connectivity index (χ2v) is 8.25. The summed E-state index contributed by atoms with van der Waals surface area (Å²) in [4.78, 5) is 24.0. The fourth-order valence-electron chi connectivity index (χ4n) is 3.69. The molecule has 0 aromatic heterocycles. The van der Waals surface area contributed by atoms with Crippen molar-refractivity contribution < 1.29 is 19.8 Å². The van der Waals surface area contributed by atoms with Crippen LogP contribution in [0.4, 0.5) is 4.79 Å². The van der Waals surface area contributed by atoms with Crippen LogP contribution in [0, 0.1) is 13.8 Å². The number of carbonyl (C=O) groups excluding carboxylic acids is 1. The van der Waals surface area contributed by atoms with Crippen LogP contribution in [0.25, 0.3) is 11.1 Å². The first kappa shape index (κ1) is 23.5. The van der Waals surface area contributed by atoms with E-state index in [1.54, 1.807) is 24.3 Å². The highest BCUT2D eigenvalue weighted by atomic mass is 35.5. The number of hydrogen-bond donors (Lipinski definition) is 2. The molecule has 166 valence electrons. The maximum absolute atomic E-state index is 11.7. The fraction of sp³-hybridized carbons (Fsp3) is 0.231. The number of aliphatic hydroxyl groups excluding tert-OH is 1. The van der Waals surface area contributed by atoms with Crippen molar-refractivity contribution in [3.05, 3.63) is 93.5 Å². The summed E-state index contributed by atoms with van der Waals surface area (Å²) in [6, 6.07) is 18.5. The van der Waals surface area contributed by atoms with Gasteiger partial charge in [-0.1, -0.05) is 60.1 Å². The molecule has 5 nitrogen and oxygen atoms in total. The van der Waals surface area contributed by atoms with Crippen LogP contribution in [0.5, 0.6) is 0 Å². The Morgan fingerprint density at radius 1 is 1.06 bits per heavy atom. The Morgan fingerprint density at radius 3 is 2.41 bits per heavy atom. The quantitative estimate of drug-likeness (QED) is 0.431. The molecule has 1 amide bonds. The van der Waals surface area contributed by atoms with Crippen molar-refractivity contribution in [2.45, 2.75) is 26.4 Å². The Hall–Kier alpha value is -3.15. The van der Waals surface area contributed by atoms with E-state index in [9.17, 15) is 19.8 Å². The number of halogens is 1. The number of hydrogen-bond acceptors (Lipinski definition) is 3. The molecule has 0 saturated carbocycles. The highest BCUT2D eigenvalue weighted by Crippen LogP contribution is 2.27. The minimum atomic E-state index is -1.08. The van der Waals surface area contributed by atoms with Crippen LogP contribution in [0.15, 0.2) is 60.7 Å². The number of nitrogens with zero attached hydrogens (tertiary/aromatic N) is 1. The van der Waals surface area contributed by atoms with E-state index in [0.717, 1.165) is 34.1 Å². The minimum absolute atomic E-state index is 0.0324. The van der Waals surface area contributed by atoms with Crippen molar-refractivity contribution in [3.63, 3.8) is 0 Å². The zero-order chi connectivity index (χ0) is 23.3. The molecular weight excluding hydrogens is 426 g/mol. The SMILES string of the molecule is Cc1c(C=O)ccc(-c2ccc(CCN(C[C@H](O)c3cccc(Cl)c3)C(=O)O)cc2)c1C. The average Bonchev–Trinajstić information content (AvgIpc) is 2.78. The van der Waals surface area contributed by atoms with Crippen molar-refractivity contribution in [2.75, 3.05) is 13.1 Å². The van der Waals surface area contributed by atoms with Gasteiger partial charge in [0.05, 0.1) is 12.6 Å². The predicted octanol–water partition coefficient (Wildman–Crippen LogP) is 5.69. The Bertz CT molecular complexity index is 1110. The first-order valence-electron chi connectivity index (χ1n) is 10.4. The zero-order valence-corrected chi connectivity index (χ0v) is 18.8. The van der Waals surface area contributed by atoms with Crippen LogP contribution in [-0.4, -0.2) is 40.6 Å². The molecule has 0 aliphatic carbocycles. The van der Waals surface area contributed by atoms with Crippen LogP contribution in [0.1, 0.15) is 38.7 Å². The number of carbonyl (C=O) groups is 2. The van der Waals surface area contributed by atoms with E-state index >= 15 is 0 Å². The Balaban J connectivity index is 1.67. The van der Waals surface area contributed by atoms with Crippen molar-refractivity contribution >= 4 is 24.0 Å². The van der Waals surface area contributed by atoms with Gasteiger partial charge in [-0.15, -0.1) is 0 Å². The van der Waals surface area contributed by atoms with E-state index in [1.165, 1.54) is 4.90 Å². The summed E-state index contributed by atoms with van der Waals surface area (Å²) in [5.74, 6) is 0. The first-order valence-corrected chi connectivity index (χ1v) is 10.7. The third-order valence-corrected chi connectivity index (χ3v) is 6.02. The van der Waals surface area contributed by atoms with Crippen molar-refractivity contribution in [1.82, 2.24) is 4.90 Å². The van der Waals surface area contributed by atoms with Crippen molar-refractivity contribution in [3.8, 4) is 11.1 Å². The Labute approximate surface area is 192 Å². The van der Waals surface area contributed by atoms with Crippen LogP contribution in [0.3, 0.4) is 0 Å². The second kappa shape index (κ2) is 10.4. The normalized spacial score (nSPS) is 11.8. The Kier molecular flexibility index (Phi) is 7.67. The molecule has 0 heterocycles. The summed E-state index contributed by atoms with van der Waals surface area (Å²) in [7, 11) is 0. The van der Waals surface area contributed by atoms with Gasteiger partial charge in [-0.05, 0) is 65.8 Å². The number of amides is 1. The molecule has 6 heteroatoms. The summed E-state index contributed by atoms with van der Waals surface area (Å²) in [5, 5.41) is 20.5. The molecule has 0 aliphatic rings. The van der Waals surface area contributed by atoms with Crippen molar-refractivity contribution in [1.29, 1.82) is 0 Å². The summed E-state index contributed by atoms with van der Waals surface area (Å²) < 4.78 is 0. The highest BCUT2D eigenvalue weighted by Gasteiger charge is 2.18. The number of rotatable bonds is 8. The smallest absolute Gasteiger partial charge is 0.407 e. The molecule has 0 spiro atoms. The zero-order valence-electron chi connectivity index (χ0n) is 18.1. The number of carboxylic acid groups (broad SMARTS) is 1. The monoisotopic (exact) mass is 451 g/mol. The highest BCUT2D eigenvalue weighted by molar-refractivity contribution is 6.30. The molecule has 3 aromatic carbocycles. The summed E-state index contributed by atoms with van der Waals surface area (Å²) in [6.07, 6.45) is -0.638. The Morgan fingerprint density at radius 2 is 1.78 bits per heavy atom. The number of aliphatic hydroxyl groups is 1. The average molecular weight is 452 g/mol. The minimum Gasteiger partial charge on any atom is -0.465 e. The lowest BCUT2D eigenvalue weighted by Gasteiger charge is -2.23. The van der Waals surface area contributed by atoms with E-state index in [-0.39, 0.29) is 13.1 Å². The molecule has 1 atom stereocenters. The van der Waals surface area contributed by atoms with Gasteiger partial charge >= 0.3 is 6.09 Å². The van der Waals surface area contributed by atoms with E-state index in [2.05, 4.69) is 0 Å². The lowest BCUT2D eigenvalue weighted by molar-refractivity contribution is 0.0973. The molecule has 3 rings (SSSR count). The molecular formula is C26H26ClNO4. The van der Waals surface area contributed by atoms with Gasteiger partial charge in [0.15, 0.2) is 0 Å². The topological polar surface area (TPSA) is 77.8 Å². The van der Waals surface area contributed by atoms with Gasteiger partial charge in [0.25, 0.3) is 0 Å². The van der Waals surface area contributed by atoms with Crippen LogP contribution in [0.2, 0.25) is 5.02 Å². The molecule has 32 heavy (non-hydrogen) atoms. The van der Waals surface area contributed by atoms with E-state index in [0.29, 0.717) is 22.6 Å². The fourth-order valence-corrected chi connectivity index (χ4v) is 3.89. The molecule has 0 unspecified atom stereocenters. The van der Waals surface area contributed by atoms with Gasteiger partial charge in [0, 0.05) is 17.1 Å². The standard InChI is InChI=1S/C26H26ClNO4/c1-17-18(2)24(11-10-22(17)16-29)20-8-6-19(7-9-20)12-13-28(26(31)32)15-25(30)21-4-3-5-23(27)14-21/h3-11,14,16,25,30H,12-13,15H2,1-2H3,(H,31,32)/t25-/m0/s1. The van der Waals surface area contributed by atoms with Crippen LogP contribution in [-0.2, 0) is 6.42 Å². The lowest BCUT2D eigenvalue weighted by Crippen LogP contribution is -2.35. The summed E-state index contributed by atoms with van der Waals surface area (Å²) in [6.45, 7) is 4.17. The molecule has 0 aliphatic heterocycles. The molecule has 2 N–H and O–H groups in total. The van der Waals surface area contributed by atoms with Gasteiger partial charge < -0.3 is 15.1 Å². The van der Waals surface area contributed by atoms with E-state index < -0.39 is 12.2 Å². The molecule has 0 radical (unpaired) electrons. The number of aldehydes is 1. The first-order chi connectivity index (χ1) is 15.3. The number of benzene rings is 3. The molecule has 0 fully saturated rings. The molecule has 0 bridgehead atoms. The maximum atomic E-state index is 11.7. The third-order valence-electron chi connectivity index (χ3n) is 5.79. The second-order valence-electron chi connectivity index (χ2n) is 7.82. The third kappa shape index (κ3) is 5.55. The van der Waals surface area contributed by atoms with Gasteiger partial charge in [0.2, 0.25) is 0 Å². The van der Waals surface area contributed by atoms with Gasteiger partial charge in [-0.3, -0.25) is 4.79 Å². The van der Waals surface area contributed by atoms with Gasteiger partial charge in [-0.25, -0.2) is 4.79 Å². The summed E-state index contributed by atoms with van der Waals surface area (Å²) >= 11 is 5.96. The van der Waals surface area contributed by atoms with E-state index in [1.807, 2.05) is 50.2 Å². The van der Waals surface area contributed by atoms with Crippen LogP contribution < -0.4 is 0 Å². The maximum Gasteiger partial charge on any atom is 0.407 e. The van der Waals surface area contributed by atoms with Crippen molar-refractivity contribution in [2.24, 2.45) is 0 Å². The van der Waals surface area contributed by atoms with E-state index in [4.69, 9.17) is 11.6 Å². The molecule has 3 aromatic rings.